The van der Waals surface area contributed by atoms with E-state index in [9.17, 15) is 0 Å². The third-order valence-electron chi connectivity index (χ3n) is 2.42. The smallest absolute Gasteiger partial charge is 0.0351 e. The Bertz CT molecular complexity index is 273. The Labute approximate surface area is 91.3 Å². The van der Waals surface area contributed by atoms with Crippen LogP contribution < -0.4 is 5.32 Å². The van der Waals surface area contributed by atoms with Crippen molar-refractivity contribution >= 4 is 17.4 Å². The lowest BCUT2D eigenvalue weighted by molar-refractivity contribution is 0.593. The molecule has 0 heterocycles. The van der Waals surface area contributed by atoms with Gasteiger partial charge in [0.1, 0.15) is 0 Å². The third kappa shape index (κ3) is 3.62. The Balaban J connectivity index is 2.50. The maximum Gasteiger partial charge on any atom is 0.0351 e. The van der Waals surface area contributed by atoms with Crippen molar-refractivity contribution < 1.29 is 0 Å². The molecule has 0 aliphatic rings. The van der Waals surface area contributed by atoms with Crippen LogP contribution in [0.4, 0.5) is 5.69 Å². The van der Waals surface area contributed by atoms with Gasteiger partial charge in [0.15, 0.2) is 0 Å². The highest BCUT2D eigenvalue weighted by atomic mass is 32.2. The van der Waals surface area contributed by atoms with Gasteiger partial charge in [-0.15, -0.1) is 11.8 Å². The highest BCUT2D eigenvalue weighted by Gasteiger charge is 1.98. The van der Waals surface area contributed by atoms with Gasteiger partial charge in [-0.25, -0.2) is 0 Å². The fraction of sp³-hybridized carbons (Fsp3) is 0.500. The molecule has 1 aromatic carbocycles. The van der Waals surface area contributed by atoms with Crippen LogP contribution in [0.25, 0.3) is 0 Å². The number of anilines is 1. The molecule has 14 heavy (non-hydrogen) atoms. The predicted molar refractivity (Wildman–Crippen MR) is 66.2 cm³/mol. The first-order chi connectivity index (χ1) is 6.76. The van der Waals surface area contributed by atoms with Crippen LogP contribution in [0.15, 0.2) is 29.2 Å². The fourth-order valence-electron chi connectivity index (χ4n) is 1.17. The van der Waals surface area contributed by atoms with Crippen molar-refractivity contribution in [2.45, 2.75) is 25.2 Å². The van der Waals surface area contributed by atoms with E-state index in [0.29, 0.717) is 0 Å². The number of thioether (sulfide) groups is 1. The lowest BCUT2D eigenvalue weighted by atomic mass is 10.1. The van der Waals surface area contributed by atoms with Crippen LogP contribution in [0.3, 0.4) is 0 Å². The summed E-state index contributed by atoms with van der Waals surface area (Å²) in [5, 5.41) is 3.46. The monoisotopic (exact) mass is 209 g/mol. The molecule has 0 saturated carbocycles. The van der Waals surface area contributed by atoms with Crippen LogP contribution in [0, 0.1) is 5.92 Å². The van der Waals surface area contributed by atoms with E-state index in [2.05, 4.69) is 49.7 Å². The summed E-state index contributed by atoms with van der Waals surface area (Å²) < 4.78 is 0. The number of hydrogen-bond donors (Lipinski definition) is 1. The molecule has 0 aliphatic carbocycles. The summed E-state index contributed by atoms with van der Waals surface area (Å²) >= 11 is 1.78. The number of hydrogen-bond acceptors (Lipinski definition) is 2. The van der Waals surface area contributed by atoms with Crippen molar-refractivity contribution in [3.8, 4) is 0 Å². The fourth-order valence-corrected chi connectivity index (χ4v) is 1.63. The third-order valence-corrected chi connectivity index (χ3v) is 3.15. The molecule has 1 N–H and O–H groups in total. The van der Waals surface area contributed by atoms with Crippen molar-refractivity contribution in [2.75, 3.05) is 18.1 Å². The largest absolute Gasteiger partial charge is 0.385 e. The highest BCUT2D eigenvalue weighted by Crippen LogP contribution is 2.19. The lowest BCUT2D eigenvalue weighted by Crippen LogP contribution is -2.09. The maximum absolute atomic E-state index is 3.46. The first kappa shape index (κ1) is 11.4. The van der Waals surface area contributed by atoms with E-state index in [1.807, 2.05) is 0 Å². The number of nitrogens with one attached hydrogen (secondary N) is 1. The van der Waals surface area contributed by atoms with Crippen LogP contribution in [0.5, 0.6) is 0 Å². The standard InChI is InChI=1S/C12H19NS/c1-4-10(2)9-13-11-6-5-7-12(8-11)14-3/h5-8,10,13H,4,9H2,1-3H3. The molecule has 1 rings (SSSR count). The molecule has 1 nitrogen and oxygen atoms in total. The van der Waals surface area contributed by atoms with Gasteiger partial charge in [-0.2, -0.15) is 0 Å². The summed E-state index contributed by atoms with van der Waals surface area (Å²) in [7, 11) is 0. The zero-order chi connectivity index (χ0) is 10.4. The summed E-state index contributed by atoms with van der Waals surface area (Å²) in [6.45, 7) is 5.56. The maximum atomic E-state index is 3.46. The molecule has 1 atom stereocenters. The molecule has 0 radical (unpaired) electrons. The van der Waals surface area contributed by atoms with E-state index < -0.39 is 0 Å². The van der Waals surface area contributed by atoms with Gasteiger partial charge < -0.3 is 5.32 Å². The van der Waals surface area contributed by atoms with Crippen LogP contribution >= 0.6 is 11.8 Å². The van der Waals surface area contributed by atoms with E-state index >= 15 is 0 Å². The Morgan fingerprint density at radius 2 is 2.21 bits per heavy atom. The van der Waals surface area contributed by atoms with Gasteiger partial charge in [0.2, 0.25) is 0 Å². The van der Waals surface area contributed by atoms with Crippen molar-refractivity contribution in [1.29, 1.82) is 0 Å². The summed E-state index contributed by atoms with van der Waals surface area (Å²) in [4.78, 5) is 1.32. The van der Waals surface area contributed by atoms with E-state index in [0.717, 1.165) is 12.5 Å². The minimum Gasteiger partial charge on any atom is -0.385 e. The first-order valence-corrected chi connectivity index (χ1v) is 6.36. The summed E-state index contributed by atoms with van der Waals surface area (Å²) in [5.74, 6) is 0.743. The molecule has 1 unspecified atom stereocenters. The van der Waals surface area contributed by atoms with Crippen molar-refractivity contribution in [3.05, 3.63) is 24.3 Å². The zero-order valence-corrected chi connectivity index (χ0v) is 10.0. The van der Waals surface area contributed by atoms with Gasteiger partial charge in [0.25, 0.3) is 0 Å². The topological polar surface area (TPSA) is 12.0 Å². The van der Waals surface area contributed by atoms with Crippen LogP contribution in [-0.4, -0.2) is 12.8 Å². The minimum atomic E-state index is 0.743. The van der Waals surface area contributed by atoms with Gasteiger partial charge in [0.05, 0.1) is 0 Å². The number of benzene rings is 1. The summed E-state index contributed by atoms with van der Waals surface area (Å²) in [5.41, 5.74) is 1.23. The average molecular weight is 209 g/mol. The second-order valence-electron chi connectivity index (χ2n) is 3.63. The molecule has 0 bridgehead atoms. The van der Waals surface area contributed by atoms with Crippen molar-refractivity contribution in [3.63, 3.8) is 0 Å². The Kier molecular flexibility index (Phi) is 4.88. The molecule has 0 spiro atoms. The molecule has 78 valence electrons. The molecular weight excluding hydrogens is 190 g/mol. The first-order valence-electron chi connectivity index (χ1n) is 5.14. The minimum absolute atomic E-state index is 0.743. The van der Waals surface area contributed by atoms with E-state index in [1.165, 1.54) is 17.0 Å². The van der Waals surface area contributed by atoms with Crippen molar-refractivity contribution in [2.24, 2.45) is 5.92 Å². The average Bonchev–Trinajstić information content (AvgIpc) is 2.26. The van der Waals surface area contributed by atoms with Crippen LogP contribution in [0.2, 0.25) is 0 Å². The van der Waals surface area contributed by atoms with Crippen molar-refractivity contribution in [1.82, 2.24) is 0 Å². The molecule has 0 aliphatic heterocycles. The Morgan fingerprint density at radius 3 is 2.86 bits per heavy atom. The van der Waals surface area contributed by atoms with E-state index in [1.54, 1.807) is 11.8 Å². The van der Waals surface area contributed by atoms with E-state index in [-0.39, 0.29) is 0 Å². The molecule has 0 aromatic heterocycles. The summed E-state index contributed by atoms with van der Waals surface area (Å²) in [6, 6.07) is 8.57. The van der Waals surface area contributed by atoms with E-state index in [4.69, 9.17) is 0 Å². The molecule has 0 amide bonds. The molecule has 0 saturated heterocycles. The molecule has 0 fully saturated rings. The van der Waals surface area contributed by atoms with Gasteiger partial charge >= 0.3 is 0 Å². The molecule has 1 aromatic rings. The quantitative estimate of drug-likeness (QED) is 0.739. The normalized spacial score (nSPS) is 12.5. The van der Waals surface area contributed by atoms with Crippen LogP contribution in [-0.2, 0) is 0 Å². The SMILES string of the molecule is CCC(C)CNc1cccc(SC)c1. The second-order valence-corrected chi connectivity index (χ2v) is 4.51. The molecular formula is C12H19NS. The Hall–Kier alpha value is -0.630. The highest BCUT2D eigenvalue weighted by molar-refractivity contribution is 7.98. The van der Waals surface area contributed by atoms with Gasteiger partial charge in [-0.3, -0.25) is 0 Å². The lowest BCUT2D eigenvalue weighted by Gasteiger charge is -2.11. The second kappa shape index (κ2) is 5.97. The Morgan fingerprint density at radius 1 is 1.43 bits per heavy atom. The molecule has 2 heteroatoms. The van der Waals surface area contributed by atoms with Crippen LogP contribution in [0.1, 0.15) is 20.3 Å². The number of rotatable bonds is 5. The summed E-state index contributed by atoms with van der Waals surface area (Å²) in [6.07, 6.45) is 3.34. The van der Waals surface area contributed by atoms with Gasteiger partial charge in [-0.1, -0.05) is 26.3 Å². The zero-order valence-electron chi connectivity index (χ0n) is 9.21. The predicted octanol–water partition coefficient (Wildman–Crippen LogP) is 3.87. The van der Waals surface area contributed by atoms with Gasteiger partial charge in [-0.05, 0) is 30.4 Å². The van der Waals surface area contributed by atoms with Gasteiger partial charge in [0, 0.05) is 17.1 Å².